The molecule has 0 aliphatic rings. The molecule has 0 aromatic heterocycles. The van der Waals surface area contributed by atoms with Gasteiger partial charge in [0.15, 0.2) is 0 Å². The molecule has 1 radical (unpaired) electrons. The van der Waals surface area contributed by atoms with Crippen LogP contribution in [0.4, 0.5) is 13.2 Å². The van der Waals surface area contributed by atoms with E-state index in [4.69, 9.17) is 10.0 Å². The van der Waals surface area contributed by atoms with Crippen LogP contribution in [0.25, 0.3) is 66.8 Å². The van der Waals surface area contributed by atoms with E-state index in [1.165, 1.54) is 58.7 Å². The smallest absolute Gasteiger partial charge is 0.423 e. The Bertz CT molecular complexity index is 2780. The van der Waals surface area contributed by atoms with Crippen molar-refractivity contribution in [2.75, 3.05) is 0 Å². The predicted molar refractivity (Wildman–Crippen MR) is 257 cm³/mol. The van der Waals surface area contributed by atoms with Gasteiger partial charge in [-0.25, -0.2) is 13.2 Å². The molecule has 0 atom stereocenters. The van der Waals surface area contributed by atoms with E-state index in [2.05, 4.69) is 98.6 Å². The maximum absolute atomic E-state index is 14.3. The predicted octanol–water partition coefficient (Wildman–Crippen LogP) is 14.7. The molecular weight excluding hydrogens is 959 g/mol. The van der Waals surface area contributed by atoms with E-state index >= 15 is 0 Å². The van der Waals surface area contributed by atoms with E-state index < -0.39 is 12.9 Å². The summed E-state index contributed by atoms with van der Waals surface area (Å²) >= 11 is 7.05. The third-order valence-electron chi connectivity index (χ3n) is 9.99. The summed E-state index contributed by atoms with van der Waals surface area (Å²) in [4.78, 5) is 0. The zero-order chi connectivity index (χ0) is 43.4. The largest absolute Gasteiger partial charge is 0.491 e. The third-order valence-corrected chi connectivity index (χ3v) is 11.0. The van der Waals surface area contributed by atoms with Gasteiger partial charge < -0.3 is 10.0 Å². The Labute approximate surface area is 395 Å². The topological polar surface area (TPSA) is 40.5 Å². The van der Waals surface area contributed by atoms with Gasteiger partial charge in [-0.1, -0.05) is 184 Å². The Hall–Kier alpha value is -5.70. The van der Waals surface area contributed by atoms with E-state index in [1.54, 1.807) is 24.3 Å². The molecule has 9 aromatic rings. The van der Waals surface area contributed by atoms with Gasteiger partial charge >= 0.3 is 7.12 Å². The molecular formula is C54H38BBr2F3O2V. The number of halogens is 5. The zero-order valence-corrected chi connectivity index (χ0v) is 38.2. The summed E-state index contributed by atoms with van der Waals surface area (Å²) in [6, 6.07) is 68.5. The summed E-state index contributed by atoms with van der Waals surface area (Å²) in [6.45, 7) is 0. The van der Waals surface area contributed by atoms with Crippen molar-refractivity contribution < 1.29 is 41.8 Å². The second kappa shape index (κ2) is 22.6. The maximum Gasteiger partial charge on any atom is 0.491 e. The van der Waals surface area contributed by atoms with Gasteiger partial charge in [-0.15, -0.1) is 0 Å². The molecule has 0 amide bonds. The minimum Gasteiger partial charge on any atom is -0.423 e. The van der Waals surface area contributed by atoms with Crippen molar-refractivity contribution in [1.82, 2.24) is 0 Å². The molecule has 0 fully saturated rings. The van der Waals surface area contributed by atoms with Crippen LogP contribution in [0.3, 0.4) is 0 Å². The van der Waals surface area contributed by atoms with E-state index in [-0.39, 0.29) is 35.7 Å². The molecule has 0 spiro atoms. The summed E-state index contributed by atoms with van der Waals surface area (Å²) in [5.41, 5.74) is 11.7. The molecule has 2 N–H and O–H groups in total. The van der Waals surface area contributed by atoms with Gasteiger partial charge in [-0.3, -0.25) is 0 Å². The first kappa shape index (κ1) is 46.8. The summed E-state index contributed by atoms with van der Waals surface area (Å²) in [7, 11) is -1.72. The van der Waals surface area contributed by atoms with Crippen molar-refractivity contribution in [3.8, 4) is 66.8 Å². The third kappa shape index (κ3) is 12.5. The summed E-state index contributed by atoms with van der Waals surface area (Å²) < 4.78 is 43.3. The zero-order valence-electron chi connectivity index (χ0n) is 33.6. The Balaban J connectivity index is 0.000000181. The Morgan fingerprint density at radius 2 is 0.571 bits per heavy atom. The van der Waals surface area contributed by atoms with E-state index in [0.29, 0.717) is 11.1 Å². The Morgan fingerprint density at radius 3 is 0.873 bits per heavy atom. The molecule has 0 bridgehead atoms. The van der Waals surface area contributed by atoms with E-state index in [9.17, 15) is 13.2 Å². The second-order valence-corrected chi connectivity index (χ2v) is 16.0. The minimum absolute atomic E-state index is 0. The van der Waals surface area contributed by atoms with Crippen LogP contribution in [0.5, 0.6) is 0 Å². The molecule has 63 heavy (non-hydrogen) atoms. The first-order valence-corrected chi connectivity index (χ1v) is 21.2. The monoisotopic (exact) mass is 995 g/mol. The van der Waals surface area contributed by atoms with E-state index in [0.717, 1.165) is 42.3 Å². The molecule has 9 heteroatoms. The van der Waals surface area contributed by atoms with Gasteiger partial charge in [0.1, 0.15) is 17.5 Å². The molecule has 309 valence electrons. The average Bonchev–Trinajstić information content (AvgIpc) is 3.30. The van der Waals surface area contributed by atoms with E-state index in [1.807, 2.05) is 91.0 Å². The van der Waals surface area contributed by atoms with Crippen molar-refractivity contribution in [2.45, 2.75) is 0 Å². The fourth-order valence-electron chi connectivity index (χ4n) is 6.90. The summed E-state index contributed by atoms with van der Waals surface area (Å²) in [5.74, 6) is -1.07. The quantitative estimate of drug-likeness (QED) is 0.156. The minimum atomic E-state index is -1.72. The van der Waals surface area contributed by atoms with Crippen molar-refractivity contribution in [1.29, 1.82) is 0 Å². The number of hydrogen-bond acceptors (Lipinski definition) is 2. The summed E-state index contributed by atoms with van der Waals surface area (Å²) in [6.07, 6.45) is 0. The first-order chi connectivity index (χ1) is 30.1. The molecule has 2 nitrogen and oxygen atoms in total. The van der Waals surface area contributed by atoms with Crippen molar-refractivity contribution in [3.05, 3.63) is 245 Å². The normalized spacial score (nSPS) is 10.3. The van der Waals surface area contributed by atoms with Crippen LogP contribution in [0.2, 0.25) is 0 Å². The second-order valence-electron chi connectivity index (χ2n) is 14.2. The van der Waals surface area contributed by atoms with Gasteiger partial charge in [-0.2, -0.15) is 0 Å². The van der Waals surface area contributed by atoms with Crippen LogP contribution < -0.4 is 5.46 Å². The standard InChI is InChI=1S/C30H20F2.C18H12Br2.C6H6BFO2.V/c31-29-16-3-1-14-27(29)25-12-6-10-23(19-25)21-8-5-9-22(18-21)24-11-7-13-26(20-24)28-15-2-4-17-30(28)32;19-17-8-2-6-15(11-17)13-4-1-5-14(10-13)16-7-3-9-18(20)12-16;8-6-4-2-1-3-5(6)7(9)10;/h1-20H;1-12H;1-4,9-10H;. The summed E-state index contributed by atoms with van der Waals surface area (Å²) in [5, 5.41) is 17.0. The van der Waals surface area contributed by atoms with Crippen molar-refractivity contribution in [3.63, 3.8) is 0 Å². The average molecular weight is 997 g/mol. The van der Waals surface area contributed by atoms with Crippen LogP contribution in [0.1, 0.15) is 0 Å². The van der Waals surface area contributed by atoms with Gasteiger partial charge in [0.05, 0.1) is 0 Å². The number of rotatable bonds is 7. The molecule has 9 aromatic carbocycles. The molecule has 0 aliphatic carbocycles. The van der Waals surface area contributed by atoms with Crippen LogP contribution in [-0.4, -0.2) is 17.2 Å². The molecule has 0 saturated carbocycles. The van der Waals surface area contributed by atoms with Crippen LogP contribution >= 0.6 is 31.9 Å². The van der Waals surface area contributed by atoms with Gasteiger partial charge in [0.2, 0.25) is 0 Å². The van der Waals surface area contributed by atoms with Gasteiger partial charge in [0, 0.05) is 44.1 Å². The SMILES string of the molecule is Brc1cccc(-c2cccc(-c3cccc(Br)c3)c2)c1.Fc1ccccc1-c1cccc(-c2cccc(-c3cccc(-c4ccccc4F)c3)c2)c1.OB(O)c1ccccc1F.[V]. The first-order valence-electron chi connectivity index (χ1n) is 19.7. The molecule has 0 aliphatic heterocycles. The molecule has 0 unspecified atom stereocenters. The fourth-order valence-corrected chi connectivity index (χ4v) is 7.70. The Morgan fingerprint density at radius 1 is 0.302 bits per heavy atom. The van der Waals surface area contributed by atoms with Gasteiger partial charge in [0.25, 0.3) is 0 Å². The van der Waals surface area contributed by atoms with Crippen molar-refractivity contribution in [2.24, 2.45) is 0 Å². The maximum atomic E-state index is 14.3. The molecule has 9 rings (SSSR count). The van der Waals surface area contributed by atoms with Crippen LogP contribution in [-0.2, 0) is 18.6 Å². The van der Waals surface area contributed by atoms with Crippen LogP contribution in [0.15, 0.2) is 227 Å². The fraction of sp³-hybridized carbons (Fsp3) is 0. The number of benzene rings is 9. The van der Waals surface area contributed by atoms with Gasteiger partial charge in [-0.05, 0) is 122 Å². The Kier molecular flexibility index (Phi) is 16.8. The van der Waals surface area contributed by atoms with Crippen LogP contribution in [0, 0.1) is 17.5 Å². The molecule has 0 heterocycles. The van der Waals surface area contributed by atoms with Crippen molar-refractivity contribution >= 4 is 44.4 Å². The number of hydrogen-bond donors (Lipinski definition) is 2. The molecule has 0 saturated heterocycles.